The fourth-order valence-electron chi connectivity index (χ4n) is 3.91. The first kappa shape index (κ1) is 20.6. The lowest BCUT2D eigenvalue weighted by molar-refractivity contribution is -0.384. The highest BCUT2D eigenvalue weighted by Crippen LogP contribution is 2.32. The van der Waals surface area contributed by atoms with Gasteiger partial charge in [0.25, 0.3) is 5.69 Å². The van der Waals surface area contributed by atoms with Crippen LogP contribution >= 0.6 is 0 Å². The second-order valence-electron chi connectivity index (χ2n) is 7.22. The van der Waals surface area contributed by atoms with Crippen LogP contribution in [0.1, 0.15) is 37.8 Å². The molecular weight excluding hydrogens is 370 g/mol. The van der Waals surface area contributed by atoms with Crippen LogP contribution in [0.4, 0.5) is 11.4 Å². The Kier molecular flexibility index (Phi) is 6.69. The van der Waals surface area contributed by atoms with Gasteiger partial charge in [-0.25, -0.2) is 0 Å². The van der Waals surface area contributed by atoms with Crippen molar-refractivity contribution in [3.8, 4) is 5.75 Å². The maximum Gasteiger partial charge on any atom is 0.292 e. The van der Waals surface area contributed by atoms with Crippen LogP contribution in [-0.4, -0.2) is 31.0 Å². The first-order valence-corrected chi connectivity index (χ1v) is 9.96. The molecule has 0 radical (unpaired) electrons. The summed E-state index contributed by atoms with van der Waals surface area (Å²) in [7, 11) is 1.63. The molecule has 2 aromatic rings. The number of carbonyl (C=O) groups excluding carboxylic acids is 1. The molecule has 1 atom stereocenters. The number of piperidine rings is 1. The van der Waals surface area contributed by atoms with E-state index in [1.54, 1.807) is 25.3 Å². The molecule has 1 aliphatic rings. The number of rotatable bonds is 7. The Hall–Kier alpha value is -3.09. The molecule has 1 saturated heterocycles. The van der Waals surface area contributed by atoms with Gasteiger partial charge in [0.05, 0.1) is 18.1 Å². The average Bonchev–Trinajstić information content (AvgIpc) is 2.77. The number of anilines is 1. The number of methoxy groups -OCH3 is 1. The molecule has 2 aromatic carbocycles. The van der Waals surface area contributed by atoms with Crippen LogP contribution in [0.15, 0.2) is 48.5 Å². The Labute approximate surface area is 170 Å². The van der Waals surface area contributed by atoms with Gasteiger partial charge < -0.3 is 15.0 Å². The average molecular weight is 397 g/mol. The van der Waals surface area contributed by atoms with E-state index in [-0.39, 0.29) is 28.5 Å². The van der Waals surface area contributed by atoms with Crippen molar-refractivity contribution in [1.29, 1.82) is 0 Å². The van der Waals surface area contributed by atoms with Crippen molar-refractivity contribution >= 4 is 17.3 Å². The molecule has 1 amide bonds. The summed E-state index contributed by atoms with van der Waals surface area (Å²) >= 11 is 0. The van der Waals surface area contributed by atoms with Crippen molar-refractivity contribution in [2.24, 2.45) is 5.92 Å². The Bertz CT molecular complexity index is 863. The molecule has 0 aromatic heterocycles. The third-order valence-electron chi connectivity index (χ3n) is 5.52. The molecule has 1 unspecified atom stereocenters. The summed E-state index contributed by atoms with van der Waals surface area (Å²) in [5.74, 6) is 0.702. The summed E-state index contributed by atoms with van der Waals surface area (Å²) in [4.78, 5) is 25.8. The van der Waals surface area contributed by atoms with Crippen molar-refractivity contribution in [2.45, 2.75) is 32.2 Å². The molecule has 1 N–H and O–H groups in total. The topological polar surface area (TPSA) is 84.7 Å². The Morgan fingerprint density at radius 1 is 1.21 bits per heavy atom. The lowest BCUT2D eigenvalue weighted by Crippen LogP contribution is -2.41. The molecule has 0 bridgehead atoms. The zero-order chi connectivity index (χ0) is 20.8. The molecular formula is C22H27N3O4. The molecule has 0 spiro atoms. The predicted octanol–water partition coefficient (Wildman–Crippen LogP) is 4.09. The standard InChI is InChI=1S/C22H27N3O4/c1-3-18(17-8-4-7-11-21(17)29-2)23-22(26)16-12-14-24(15-13-16)19-9-5-6-10-20(19)25(27)28/h4-11,16,18H,3,12-15H2,1-2H3,(H,23,26). The van der Waals surface area contributed by atoms with Crippen molar-refractivity contribution < 1.29 is 14.5 Å². The smallest absolute Gasteiger partial charge is 0.292 e. The van der Waals surface area contributed by atoms with Crippen molar-refractivity contribution in [3.63, 3.8) is 0 Å². The van der Waals surface area contributed by atoms with E-state index < -0.39 is 0 Å². The summed E-state index contributed by atoms with van der Waals surface area (Å²) in [6.07, 6.45) is 2.10. The van der Waals surface area contributed by atoms with Crippen LogP contribution in [0, 0.1) is 16.0 Å². The minimum atomic E-state index is -0.354. The van der Waals surface area contributed by atoms with Gasteiger partial charge in [-0.2, -0.15) is 0 Å². The number of ether oxygens (including phenoxy) is 1. The van der Waals surface area contributed by atoms with Gasteiger partial charge >= 0.3 is 0 Å². The number of benzene rings is 2. The number of hydrogen-bond donors (Lipinski definition) is 1. The van der Waals surface area contributed by atoms with E-state index in [9.17, 15) is 14.9 Å². The molecule has 154 valence electrons. The summed E-state index contributed by atoms with van der Waals surface area (Å²) < 4.78 is 5.44. The molecule has 1 fully saturated rings. The van der Waals surface area contributed by atoms with Crippen molar-refractivity contribution in [2.75, 3.05) is 25.1 Å². The van der Waals surface area contributed by atoms with Gasteiger partial charge in [0.15, 0.2) is 0 Å². The number of nitrogens with zero attached hydrogens (tertiary/aromatic N) is 2. The highest BCUT2D eigenvalue weighted by molar-refractivity contribution is 5.79. The summed E-state index contributed by atoms with van der Waals surface area (Å²) in [5.41, 5.74) is 1.71. The van der Waals surface area contributed by atoms with E-state index in [1.165, 1.54) is 6.07 Å². The summed E-state index contributed by atoms with van der Waals surface area (Å²) in [5, 5.41) is 14.4. The van der Waals surface area contributed by atoms with Crippen LogP contribution in [-0.2, 0) is 4.79 Å². The number of amides is 1. The van der Waals surface area contributed by atoms with Gasteiger partial charge in [0, 0.05) is 30.6 Å². The maximum atomic E-state index is 12.9. The number of carbonyl (C=O) groups is 1. The zero-order valence-electron chi connectivity index (χ0n) is 16.8. The van der Waals surface area contributed by atoms with Gasteiger partial charge in [-0.05, 0) is 31.4 Å². The second kappa shape index (κ2) is 9.41. The molecule has 1 aliphatic heterocycles. The number of nitro groups is 1. The molecule has 7 heteroatoms. The molecule has 29 heavy (non-hydrogen) atoms. The molecule has 1 heterocycles. The first-order valence-electron chi connectivity index (χ1n) is 9.96. The third kappa shape index (κ3) is 4.67. The lowest BCUT2D eigenvalue weighted by atomic mass is 9.94. The van der Waals surface area contributed by atoms with E-state index >= 15 is 0 Å². The van der Waals surface area contributed by atoms with Crippen LogP contribution in [0.5, 0.6) is 5.75 Å². The Morgan fingerprint density at radius 3 is 2.52 bits per heavy atom. The lowest BCUT2D eigenvalue weighted by Gasteiger charge is -2.33. The second-order valence-corrected chi connectivity index (χ2v) is 7.22. The number of nitrogens with one attached hydrogen (secondary N) is 1. The molecule has 3 rings (SSSR count). The minimum Gasteiger partial charge on any atom is -0.496 e. The normalized spacial score (nSPS) is 15.6. The Morgan fingerprint density at radius 2 is 1.86 bits per heavy atom. The fraction of sp³-hybridized carbons (Fsp3) is 0.409. The van der Waals surface area contributed by atoms with E-state index in [0.717, 1.165) is 17.7 Å². The largest absolute Gasteiger partial charge is 0.496 e. The van der Waals surface area contributed by atoms with E-state index in [1.807, 2.05) is 36.1 Å². The SMILES string of the molecule is CCC(NC(=O)C1CCN(c2ccccc2[N+](=O)[O-])CC1)c1ccccc1OC. The van der Waals surface area contributed by atoms with Crippen LogP contribution in [0.25, 0.3) is 0 Å². The quantitative estimate of drug-likeness (QED) is 0.562. The van der Waals surface area contributed by atoms with Gasteiger partial charge in [0.1, 0.15) is 11.4 Å². The van der Waals surface area contributed by atoms with E-state index in [4.69, 9.17) is 4.74 Å². The van der Waals surface area contributed by atoms with Gasteiger partial charge in [-0.1, -0.05) is 37.3 Å². The summed E-state index contributed by atoms with van der Waals surface area (Å²) in [6, 6.07) is 14.4. The highest BCUT2D eigenvalue weighted by Gasteiger charge is 2.29. The van der Waals surface area contributed by atoms with Gasteiger partial charge in [-0.3, -0.25) is 14.9 Å². The van der Waals surface area contributed by atoms with Crippen molar-refractivity contribution in [1.82, 2.24) is 5.32 Å². The Balaban J connectivity index is 1.63. The zero-order valence-corrected chi connectivity index (χ0v) is 16.8. The predicted molar refractivity (Wildman–Crippen MR) is 112 cm³/mol. The number of hydrogen-bond acceptors (Lipinski definition) is 5. The molecule has 0 aliphatic carbocycles. The maximum absolute atomic E-state index is 12.9. The highest BCUT2D eigenvalue weighted by atomic mass is 16.6. The van der Waals surface area contributed by atoms with Gasteiger partial charge in [0.2, 0.25) is 5.91 Å². The van der Waals surface area contributed by atoms with Crippen LogP contribution < -0.4 is 15.0 Å². The van der Waals surface area contributed by atoms with E-state index in [2.05, 4.69) is 5.32 Å². The fourth-order valence-corrected chi connectivity index (χ4v) is 3.91. The van der Waals surface area contributed by atoms with Crippen LogP contribution in [0.3, 0.4) is 0 Å². The number of para-hydroxylation sites is 3. The molecule has 7 nitrogen and oxygen atoms in total. The third-order valence-corrected chi connectivity index (χ3v) is 5.52. The minimum absolute atomic E-state index is 0.0324. The number of nitro benzene ring substituents is 1. The summed E-state index contributed by atoms with van der Waals surface area (Å²) in [6.45, 7) is 3.28. The van der Waals surface area contributed by atoms with Crippen molar-refractivity contribution in [3.05, 3.63) is 64.2 Å². The van der Waals surface area contributed by atoms with Gasteiger partial charge in [-0.15, -0.1) is 0 Å². The molecule has 0 saturated carbocycles. The van der Waals surface area contributed by atoms with E-state index in [0.29, 0.717) is 31.6 Å². The monoisotopic (exact) mass is 397 g/mol. The first-order chi connectivity index (χ1) is 14.0. The van der Waals surface area contributed by atoms with Crippen LogP contribution in [0.2, 0.25) is 0 Å².